The average molecular weight is 510 g/mol. The number of imide groups is 2. The van der Waals surface area contributed by atoms with Gasteiger partial charge in [0.25, 0.3) is 11.8 Å². The van der Waals surface area contributed by atoms with Gasteiger partial charge in [-0.3, -0.25) is 19.8 Å². The molecule has 1 N–H and O–H groups in total. The van der Waals surface area contributed by atoms with Gasteiger partial charge in [0, 0.05) is 22.3 Å². The largest absolute Gasteiger partial charge is 0.465 e. The summed E-state index contributed by atoms with van der Waals surface area (Å²) in [5, 5.41) is 3.17. The van der Waals surface area contributed by atoms with E-state index in [0.717, 1.165) is 79.7 Å². The molecule has 8 nitrogen and oxygen atoms in total. The molecule has 5 rings (SSSR count). The van der Waals surface area contributed by atoms with E-state index >= 15 is 0 Å². The van der Waals surface area contributed by atoms with Gasteiger partial charge in [0.05, 0.1) is 12.7 Å². The normalized spacial score (nSPS) is 20.0. The Morgan fingerprint density at radius 3 is 2.53 bits per heavy atom. The van der Waals surface area contributed by atoms with Gasteiger partial charge < -0.3 is 9.30 Å². The number of carbonyl (C=O) groups excluding carboxylic acids is 4. The molecule has 3 heterocycles. The number of aromatic nitrogens is 1. The van der Waals surface area contributed by atoms with E-state index in [0.29, 0.717) is 11.1 Å². The lowest BCUT2D eigenvalue weighted by Crippen LogP contribution is -2.58. The van der Waals surface area contributed by atoms with Crippen molar-refractivity contribution in [3.05, 3.63) is 44.6 Å². The van der Waals surface area contributed by atoms with Gasteiger partial charge in [-0.1, -0.05) is 19.3 Å². The van der Waals surface area contributed by atoms with Crippen molar-refractivity contribution in [3.63, 3.8) is 0 Å². The summed E-state index contributed by atoms with van der Waals surface area (Å²) in [5.74, 6) is -1.56. The van der Waals surface area contributed by atoms with Crippen molar-refractivity contribution in [1.29, 1.82) is 0 Å². The predicted octanol–water partition coefficient (Wildman–Crippen LogP) is 4.62. The Hall–Kier alpha value is -3.20. The van der Waals surface area contributed by atoms with E-state index in [-0.39, 0.29) is 17.6 Å². The number of nitrogens with one attached hydrogen (secondary N) is 1. The highest BCUT2D eigenvalue weighted by Gasteiger charge is 2.40. The van der Waals surface area contributed by atoms with Crippen molar-refractivity contribution < 1.29 is 23.9 Å². The van der Waals surface area contributed by atoms with Crippen LogP contribution in [0.1, 0.15) is 82.7 Å². The van der Waals surface area contributed by atoms with Crippen LogP contribution in [0.3, 0.4) is 0 Å². The van der Waals surface area contributed by atoms with Gasteiger partial charge in [-0.2, -0.15) is 0 Å². The molecule has 1 saturated carbocycles. The van der Waals surface area contributed by atoms with Crippen LogP contribution in [0.2, 0.25) is 0 Å². The first-order valence-corrected chi connectivity index (χ1v) is 13.5. The van der Waals surface area contributed by atoms with Gasteiger partial charge in [0.1, 0.15) is 10.6 Å². The highest BCUT2D eigenvalue weighted by Crippen LogP contribution is 2.39. The van der Waals surface area contributed by atoms with Gasteiger partial charge in [-0.25, -0.2) is 9.59 Å². The van der Waals surface area contributed by atoms with Crippen molar-refractivity contribution in [2.75, 3.05) is 7.11 Å². The Morgan fingerprint density at radius 2 is 1.81 bits per heavy atom. The fraction of sp³-hybridized carbons (Fsp3) is 0.481. The maximum atomic E-state index is 13.3. The molecule has 3 aliphatic rings. The SMILES string of the molecule is COC(=O)c1c(-n2c(C)cc(/C=C3/C(=O)NC(=O)N(C4CCCCC4)C3=O)c2C)sc2c1CCCC2. The lowest BCUT2D eigenvalue weighted by molar-refractivity contribution is -0.132. The molecular weight excluding hydrogens is 478 g/mol. The second-order valence-electron chi connectivity index (χ2n) is 9.83. The number of hydrogen-bond acceptors (Lipinski definition) is 6. The van der Waals surface area contributed by atoms with E-state index in [2.05, 4.69) is 5.32 Å². The number of carbonyl (C=O) groups is 4. The van der Waals surface area contributed by atoms with Gasteiger partial charge in [0.2, 0.25) is 0 Å². The molecule has 2 aromatic heterocycles. The Morgan fingerprint density at radius 1 is 1.08 bits per heavy atom. The molecule has 0 radical (unpaired) electrons. The summed E-state index contributed by atoms with van der Waals surface area (Å²) in [4.78, 5) is 53.9. The highest BCUT2D eigenvalue weighted by molar-refractivity contribution is 7.15. The third kappa shape index (κ3) is 4.09. The van der Waals surface area contributed by atoms with Gasteiger partial charge in [-0.05, 0) is 75.6 Å². The molecule has 0 spiro atoms. The first-order valence-electron chi connectivity index (χ1n) is 12.6. The van der Waals surface area contributed by atoms with Crippen molar-refractivity contribution in [3.8, 4) is 5.00 Å². The second kappa shape index (κ2) is 9.69. The molecule has 2 aliphatic carbocycles. The lowest BCUT2D eigenvalue weighted by Gasteiger charge is -2.35. The summed E-state index contributed by atoms with van der Waals surface area (Å²) >= 11 is 1.61. The van der Waals surface area contributed by atoms with Crippen LogP contribution in [-0.4, -0.2) is 46.4 Å². The number of amides is 4. The first-order chi connectivity index (χ1) is 17.3. The molecule has 190 valence electrons. The topological polar surface area (TPSA) is 97.7 Å². The number of hydrogen-bond donors (Lipinski definition) is 1. The van der Waals surface area contributed by atoms with Crippen LogP contribution < -0.4 is 5.32 Å². The summed E-state index contributed by atoms with van der Waals surface area (Å²) in [6, 6.07) is 1.09. The zero-order chi connectivity index (χ0) is 25.6. The molecule has 2 fully saturated rings. The van der Waals surface area contributed by atoms with Crippen LogP contribution in [0.15, 0.2) is 11.6 Å². The van der Waals surface area contributed by atoms with E-state index in [1.54, 1.807) is 17.4 Å². The minimum Gasteiger partial charge on any atom is -0.465 e. The molecule has 9 heteroatoms. The Balaban J connectivity index is 1.56. The minimum atomic E-state index is -0.677. The number of aryl methyl sites for hydroxylation is 2. The lowest BCUT2D eigenvalue weighted by atomic mass is 9.93. The number of rotatable bonds is 4. The quantitative estimate of drug-likeness (QED) is 0.369. The van der Waals surface area contributed by atoms with Crippen LogP contribution >= 0.6 is 11.3 Å². The van der Waals surface area contributed by atoms with E-state index in [9.17, 15) is 19.2 Å². The standard InChI is InChI=1S/C27H31N3O5S/c1-15-13-17(14-20-23(31)28-27(34)30(24(20)32)18-9-5-4-6-10-18)16(2)29(15)25-22(26(33)35-3)19-11-7-8-12-21(19)36-25/h13-14,18H,4-12H2,1-3H3,(H,28,31,34)/b20-14-. The molecule has 0 bridgehead atoms. The molecular formula is C27H31N3O5S. The zero-order valence-electron chi connectivity index (χ0n) is 20.9. The van der Waals surface area contributed by atoms with E-state index in [1.165, 1.54) is 16.9 Å². The third-order valence-electron chi connectivity index (χ3n) is 7.59. The molecule has 0 aromatic carbocycles. The maximum absolute atomic E-state index is 13.3. The number of fused-ring (bicyclic) bond motifs is 1. The minimum absolute atomic E-state index is 0.0425. The van der Waals surface area contributed by atoms with Gasteiger partial charge >= 0.3 is 12.0 Å². The fourth-order valence-electron chi connectivity index (χ4n) is 5.77. The first kappa shape index (κ1) is 24.5. The number of urea groups is 1. The zero-order valence-corrected chi connectivity index (χ0v) is 21.8. The van der Waals surface area contributed by atoms with Crippen molar-refractivity contribution >= 4 is 41.2 Å². The number of barbiturate groups is 1. The summed E-state index contributed by atoms with van der Waals surface area (Å²) in [7, 11) is 1.40. The average Bonchev–Trinajstić information content (AvgIpc) is 3.37. The van der Waals surface area contributed by atoms with Crippen molar-refractivity contribution in [1.82, 2.24) is 14.8 Å². The smallest absolute Gasteiger partial charge is 0.341 e. The fourth-order valence-corrected chi connectivity index (χ4v) is 7.25. The summed E-state index contributed by atoms with van der Waals surface area (Å²) in [5.41, 5.74) is 4.03. The second-order valence-corrected chi connectivity index (χ2v) is 10.9. The molecule has 36 heavy (non-hydrogen) atoms. The van der Waals surface area contributed by atoms with Crippen LogP contribution in [-0.2, 0) is 27.2 Å². The Bertz CT molecular complexity index is 1290. The molecule has 1 aliphatic heterocycles. The summed E-state index contributed by atoms with van der Waals surface area (Å²) < 4.78 is 7.16. The summed E-state index contributed by atoms with van der Waals surface area (Å²) in [6.07, 6.45) is 10.0. The molecule has 4 amide bonds. The van der Waals surface area contributed by atoms with Crippen LogP contribution in [0, 0.1) is 13.8 Å². The Kier molecular flexibility index (Phi) is 6.59. The predicted molar refractivity (Wildman–Crippen MR) is 136 cm³/mol. The highest BCUT2D eigenvalue weighted by atomic mass is 32.1. The maximum Gasteiger partial charge on any atom is 0.341 e. The third-order valence-corrected chi connectivity index (χ3v) is 8.87. The molecule has 0 atom stereocenters. The van der Waals surface area contributed by atoms with Gasteiger partial charge in [-0.15, -0.1) is 11.3 Å². The van der Waals surface area contributed by atoms with Crippen LogP contribution in [0.4, 0.5) is 4.79 Å². The van der Waals surface area contributed by atoms with Crippen LogP contribution in [0.25, 0.3) is 11.1 Å². The molecule has 1 saturated heterocycles. The number of thiophene rings is 1. The summed E-state index contributed by atoms with van der Waals surface area (Å²) in [6.45, 7) is 3.85. The van der Waals surface area contributed by atoms with E-state index < -0.39 is 17.8 Å². The van der Waals surface area contributed by atoms with Crippen LogP contribution in [0.5, 0.6) is 0 Å². The van der Waals surface area contributed by atoms with Crippen molar-refractivity contribution in [2.24, 2.45) is 0 Å². The van der Waals surface area contributed by atoms with Gasteiger partial charge in [0.15, 0.2) is 0 Å². The monoisotopic (exact) mass is 509 g/mol. The number of nitrogens with zero attached hydrogens (tertiary/aromatic N) is 2. The Labute approximate surface area is 214 Å². The van der Waals surface area contributed by atoms with E-state index in [1.807, 2.05) is 24.5 Å². The van der Waals surface area contributed by atoms with Crippen molar-refractivity contribution in [2.45, 2.75) is 77.7 Å². The molecule has 2 aromatic rings. The number of ether oxygens (including phenoxy) is 1. The van der Waals surface area contributed by atoms with E-state index in [4.69, 9.17) is 4.74 Å². The molecule has 0 unspecified atom stereocenters. The number of methoxy groups -OCH3 is 1. The number of esters is 1.